The van der Waals surface area contributed by atoms with Crippen LogP contribution in [0.5, 0.6) is 0 Å². The van der Waals surface area contributed by atoms with Crippen molar-refractivity contribution in [1.82, 2.24) is 20.1 Å². The van der Waals surface area contributed by atoms with Crippen molar-refractivity contribution in [3.05, 3.63) is 71.3 Å². The zero-order chi connectivity index (χ0) is 20.1. The van der Waals surface area contributed by atoms with Gasteiger partial charge in [-0.1, -0.05) is 64.8 Å². The van der Waals surface area contributed by atoms with Gasteiger partial charge in [0, 0.05) is 11.4 Å². The van der Waals surface area contributed by atoms with Gasteiger partial charge in [0.05, 0.1) is 6.54 Å². The lowest BCUT2D eigenvalue weighted by Gasteiger charge is -2.11. The van der Waals surface area contributed by atoms with Crippen LogP contribution in [-0.2, 0) is 17.1 Å². The van der Waals surface area contributed by atoms with E-state index >= 15 is 0 Å². The number of nitrogens with one attached hydrogen (secondary N) is 1. The van der Waals surface area contributed by atoms with E-state index in [4.69, 9.17) is 23.2 Å². The summed E-state index contributed by atoms with van der Waals surface area (Å²) in [4.78, 5) is 10.5. The van der Waals surface area contributed by atoms with Crippen LogP contribution in [0.25, 0.3) is 5.69 Å². The number of aromatic nitrogens is 3. The van der Waals surface area contributed by atoms with Crippen molar-refractivity contribution < 1.29 is 9.18 Å². The molecular weight excluding hydrogens is 422 g/mol. The van der Waals surface area contributed by atoms with Crippen LogP contribution in [0.2, 0.25) is 0 Å². The van der Waals surface area contributed by atoms with Crippen LogP contribution in [0, 0.1) is 12.7 Å². The Morgan fingerprint density at radius 3 is 2.46 bits per heavy atom. The number of benzene rings is 2. The highest BCUT2D eigenvalue weighted by molar-refractivity contribution is 7.98. The molecule has 2 aromatic carbocycles. The Balaban J connectivity index is 1.85. The summed E-state index contributed by atoms with van der Waals surface area (Å²) in [7, 11) is 0. The number of carbonyl (C=O) groups excluding carboxylic acids is 1. The fraction of sp³-hybridized carbons (Fsp3) is 0.211. The number of nitrogens with zero attached hydrogens (tertiary/aromatic N) is 3. The van der Waals surface area contributed by atoms with Crippen LogP contribution in [0.3, 0.4) is 0 Å². The minimum Gasteiger partial charge on any atom is -0.346 e. The van der Waals surface area contributed by atoms with E-state index in [0.29, 0.717) is 16.7 Å². The molecule has 0 aliphatic rings. The minimum atomic E-state index is -1.15. The molecule has 1 N–H and O–H groups in total. The molecule has 0 unspecified atom stereocenters. The third kappa shape index (κ3) is 5.25. The Hall–Kier alpha value is -2.09. The summed E-state index contributed by atoms with van der Waals surface area (Å²) in [5.74, 6) is 0.379. The average molecular weight is 439 g/mol. The van der Waals surface area contributed by atoms with Crippen molar-refractivity contribution in [2.75, 3.05) is 0 Å². The number of hydrogen-bond acceptors (Lipinski definition) is 4. The SMILES string of the molecule is Cc1ccc(-n2c(CNC(=O)C(Cl)Cl)nnc2SCc2ccc(F)cc2)cc1. The zero-order valence-electron chi connectivity index (χ0n) is 14.9. The number of thioether (sulfide) groups is 1. The lowest BCUT2D eigenvalue weighted by molar-refractivity contribution is -0.119. The summed E-state index contributed by atoms with van der Waals surface area (Å²) in [5, 5.41) is 11.8. The van der Waals surface area contributed by atoms with E-state index in [1.165, 1.54) is 23.9 Å². The molecular formula is C19H17Cl2FN4OS. The Morgan fingerprint density at radius 2 is 1.82 bits per heavy atom. The summed E-state index contributed by atoms with van der Waals surface area (Å²) in [6.45, 7) is 2.13. The van der Waals surface area contributed by atoms with Crippen LogP contribution < -0.4 is 5.32 Å². The van der Waals surface area contributed by atoms with E-state index in [9.17, 15) is 9.18 Å². The van der Waals surface area contributed by atoms with E-state index < -0.39 is 10.7 Å². The first-order valence-electron chi connectivity index (χ1n) is 8.38. The van der Waals surface area contributed by atoms with Gasteiger partial charge in [-0.2, -0.15) is 0 Å². The van der Waals surface area contributed by atoms with Gasteiger partial charge >= 0.3 is 0 Å². The summed E-state index contributed by atoms with van der Waals surface area (Å²) in [6.07, 6.45) is 0. The molecule has 1 amide bonds. The highest BCUT2D eigenvalue weighted by atomic mass is 35.5. The Kier molecular flexibility index (Phi) is 6.93. The van der Waals surface area contributed by atoms with Gasteiger partial charge in [-0.25, -0.2) is 4.39 Å². The smallest absolute Gasteiger partial charge is 0.253 e. The number of hydrogen-bond donors (Lipinski definition) is 1. The van der Waals surface area contributed by atoms with Gasteiger partial charge in [0.25, 0.3) is 5.91 Å². The summed E-state index contributed by atoms with van der Waals surface area (Å²) >= 11 is 12.6. The molecule has 3 aromatic rings. The Bertz CT molecular complexity index is 946. The summed E-state index contributed by atoms with van der Waals surface area (Å²) in [5.41, 5.74) is 2.96. The highest BCUT2D eigenvalue weighted by Crippen LogP contribution is 2.25. The molecule has 0 radical (unpaired) electrons. The Labute approximate surface area is 176 Å². The third-order valence-corrected chi connectivity index (χ3v) is 5.29. The molecule has 0 atom stereocenters. The second-order valence-electron chi connectivity index (χ2n) is 6.00. The van der Waals surface area contributed by atoms with E-state index in [1.807, 2.05) is 35.8 Å². The van der Waals surface area contributed by atoms with E-state index in [2.05, 4.69) is 15.5 Å². The molecule has 5 nitrogen and oxygen atoms in total. The van der Waals surface area contributed by atoms with Crippen LogP contribution in [0.15, 0.2) is 53.7 Å². The van der Waals surface area contributed by atoms with Crippen molar-refractivity contribution in [3.63, 3.8) is 0 Å². The summed E-state index contributed by atoms with van der Waals surface area (Å²) in [6, 6.07) is 14.2. The number of halogens is 3. The van der Waals surface area contributed by atoms with Crippen molar-refractivity contribution in [2.24, 2.45) is 0 Å². The van der Waals surface area contributed by atoms with Gasteiger partial charge in [0.15, 0.2) is 15.8 Å². The first kappa shape index (κ1) is 20.6. The first-order chi connectivity index (χ1) is 13.4. The number of carbonyl (C=O) groups is 1. The van der Waals surface area contributed by atoms with E-state index in [0.717, 1.165) is 16.8 Å². The molecule has 0 bridgehead atoms. The lowest BCUT2D eigenvalue weighted by atomic mass is 10.2. The first-order valence-corrected chi connectivity index (χ1v) is 10.2. The summed E-state index contributed by atoms with van der Waals surface area (Å²) < 4.78 is 15.0. The largest absolute Gasteiger partial charge is 0.346 e. The zero-order valence-corrected chi connectivity index (χ0v) is 17.2. The van der Waals surface area contributed by atoms with Crippen molar-refractivity contribution in [1.29, 1.82) is 0 Å². The number of alkyl halides is 2. The molecule has 1 aromatic heterocycles. The predicted octanol–water partition coefficient (Wildman–Crippen LogP) is 4.43. The second kappa shape index (κ2) is 9.41. The maximum absolute atomic E-state index is 13.1. The molecule has 0 spiro atoms. The second-order valence-corrected chi connectivity index (χ2v) is 8.04. The minimum absolute atomic E-state index is 0.132. The average Bonchev–Trinajstić information content (AvgIpc) is 3.09. The molecule has 9 heteroatoms. The topological polar surface area (TPSA) is 59.8 Å². The van der Waals surface area contributed by atoms with Crippen LogP contribution in [0.1, 0.15) is 17.0 Å². The molecule has 0 aliphatic carbocycles. The highest BCUT2D eigenvalue weighted by Gasteiger charge is 2.17. The van der Waals surface area contributed by atoms with Gasteiger partial charge in [-0.05, 0) is 36.8 Å². The molecule has 3 rings (SSSR count). The van der Waals surface area contributed by atoms with Crippen molar-refractivity contribution in [3.8, 4) is 5.69 Å². The molecule has 0 fully saturated rings. The van der Waals surface area contributed by atoms with Crippen LogP contribution in [-0.4, -0.2) is 25.5 Å². The quantitative estimate of drug-likeness (QED) is 0.437. The van der Waals surface area contributed by atoms with Gasteiger partial charge in [-0.3, -0.25) is 9.36 Å². The molecule has 146 valence electrons. The number of aryl methyl sites for hydroxylation is 1. The standard InChI is InChI=1S/C19H17Cl2FN4OS/c1-12-2-8-15(9-3-12)26-16(10-23-18(27)17(20)21)24-25-19(26)28-11-13-4-6-14(22)7-5-13/h2-9,17H,10-11H2,1H3,(H,23,27). The fourth-order valence-electron chi connectivity index (χ4n) is 2.43. The molecule has 0 saturated carbocycles. The Morgan fingerprint density at radius 1 is 1.14 bits per heavy atom. The normalized spacial score (nSPS) is 11.0. The van der Waals surface area contributed by atoms with Crippen LogP contribution >= 0.6 is 35.0 Å². The third-order valence-electron chi connectivity index (χ3n) is 3.89. The molecule has 1 heterocycles. The van der Waals surface area contributed by atoms with Gasteiger partial charge in [0.2, 0.25) is 0 Å². The monoisotopic (exact) mass is 438 g/mol. The van der Waals surface area contributed by atoms with E-state index in [-0.39, 0.29) is 12.4 Å². The van der Waals surface area contributed by atoms with Gasteiger partial charge < -0.3 is 5.32 Å². The molecule has 0 saturated heterocycles. The number of rotatable bonds is 7. The van der Waals surface area contributed by atoms with Crippen LogP contribution in [0.4, 0.5) is 4.39 Å². The van der Waals surface area contributed by atoms with Gasteiger partial charge in [-0.15, -0.1) is 10.2 Å². The molecule has 0 aliphatic heterocycles. The lowest BCUT2D eigenvalue weighted by Crippen LogP contribution is -2.29. The van der Waals surface area contributed by atoms with Crippen molar-refractivity contribution >= 4 is 40.9 Å². The fourth-order valence-corrected chi connectivity index (χ4v) is 3.51. The maximum atomic E-state index is 13.1. The molecule has 28 heavy (non-hydrogen) atoms. The maximum Gasteiger partial charge on any atom is 0.253 e. The van der Waals surface area contributed by atoms with Crippen molar-refractivity contribution in [2.45, 2.75) is 29.2 Å². The number of amides is 1. The van der Waals surface area contributed by atoms with Gasteiger partial charge in [0.1, 0.15) is 5.82 Å². The van der Waals surface area contributed by atoms with E-state index in [1.54, 1.807) is 12.1 Å². The predicted molar refractivity (Wildman–Crippen MR) is 109 cm³/mol.